The fraction of sp³-hybridized carbons (Fsp3) is 0.458. The van der Waals surface area contributed by atoms with Crippen molar-refractivity contribution in [3.63, 3.8) is 0 Å². The summed E-state index contributed by atoms with van der Waals surface area (Å²) in [6.45, 7) is 4.80. The second-order valence-electron chi connectivity index (χ2n) is 8.00. The Morgan fingerprint density at radius 2 is 2.03 bits per heavy atom. The number of aromatic nitrogens is 2. The molecule has 1 aliphatic rings. The molecule has 1 saturated heterocycles. The van der Waals surface area contributed by atoms with Crippen LogP contribution in [0.25, 0.3) is 10.9 Å². The minimum absolute atomic E-state index is 0.139. The molecule has 2 aromatic heterocycles. The molecule has 3 aromatic rings. The van der Waals surface area contributed by atoms with E-state index in [1.54, 1.807) is 20.5 Å². The van der Waals surface area contributed by atoms with Gasteiger partial charge in [-0.2, -0.15) is 0 Å². The van der Waals surface area contributed by atoms with Crippen molar-refractivity contribution in [1.29, 1.82) is 0 Å². The van der Waals surface area contributed by atoms with E-state index in [0.29, 0.717) is 37.7 Å². The Balaban J connectivity index is 1.67. The summed E-state index contributed by atoms with van der Waals surface area (Å²) in [5.41, 5.74) is 2.67. The molecule has 1 aromatic carbocycles. The molecule has 3 heterocycles. The van der Waals surface area contributed by atoms with Gasteiger partial charge in [0.15, 0.2) is 11.5 Å². The number of hydrogen-bond donors (Lipinski definition) is 1. The zero-order valence-corrected chi connectivity index (χ0v) is 19.3. The quantitative estimate of drug-likeness (QED) is 0.488. The molecule has 33 heavy (non-hydrogen) atoms. The fourth-order valence-corrected chi connectivity index (χ4v) is 4.21. The van der Waals surface area contributed by atoms with Crippen LogP contribution in [-0.2, 0) is 22.6 Å². The van der Waals surface area contributed by atoms with E-state index < -0.39 is 0 Å². The van der Waals surface area contributed by atoms with Gasteiger partial charge in [-0.15, -0.1) is 0 Å². The summed E-state index contributed by atoms with van der Waals surface area (Å²) in [5.74, 6) is 1.85. The third-order valence-corrected chi connectivity index (χ3v) is 5.83. The molecule has 1 fully saturated rings. The van der Waals surface area contributed by atoms with Crippen LogP contribution in [0.5, 0.6) is 11.5 Å². The number of anilines is 1. The maximum atomic E-state index is 12.4. The zero-order valence-electron chi connectivity index (χ0n) is 19.3. The Kier molecular flexibility index (Phi) is 7.29. The molecule has 9 nitrogen and oxygen atoms in total. The molecular formula is C24H30N4O5. The first-order chi connectivity index (χ1) is 16.1. The van der Waals surface area contributed by atoms with Crippen molar-refractivity contribution >= 4 is 22.7 Å². The molecule has 0 amide bonds. The van der Waals surface area contributed by atoms with Crippen molar-refractivity contribution in [2.24, 2.45) is 5.92 Å². The Hall–Kier alpha value is -3.33. The van der Waals surface area contributed by atoms with Gasteiger partial charge >= 0.3 is 5.97 Å². The van der Waals surface area contributed by atoms with Crippen molar-refractivity contribution in [2.75, 3.05) is 38.8 Å². The standard InChI is InChI=1S/C24H30N4O5/c1-4-32-24(29)16-6-5-8-28(15-16)23-18(13-25-14-19-7-9-33-27-19)10-17-11-21(30-2)22(31-3)12-20(17)26-23/h7,9-12,16,25H,4-6,8,13-15H2,1-3H3. The van der Waals surface area contributed by atoms with Crippen LogP contribution < -0.4 is 19.7 Å². The molecular weight excluding hydrogens is 424 g/mol. The van der Waals surface area contributed by atoms with Gasteiger partial charge in [-0.1, -0.05) is 5.16 Å². The second-order valence-corrected chi connectivity index (χ2v) is 8.00. The summed E-state index contributed by atoms with van der Waals surface area (Å²) in [6, 6.07) is 7.77. The summed E-state index contributed by atoms with van der Waals surface area (Å²) in [5, 5.41) is 8.32. The lowest BCUT2D eigenvalue weighted by Crippen LogP contribution is -2.40. The van der Waals surface area contributed by atoms with Crippen molar-refractivity contribution < 1.29 is 23.5 Å². The van der Waals surface area contributed by atoms with Gasteiger partial charge in [-0.05, 0) is 31.9 Å². The fourth-order valence-electron chi connectivity index (χ4n) is 4.21. The predicted molar refractivity (Wildman–Crippen MR) is 123 cm³/mol. The first kappa shape index (κ1) is 22.8. The Labute approximate surface area is 193 Å². The molecule has 0 saturated carbocycles. The number of nitrogens with one attached hydrogen (secondary N) is 1. The number of hydrogen-bond acceptors (Lipinski definition) is 9. The molecule has 9 heteroatoms. The molecule has 1 unspecified atom stereocenters. The van der Waals surface area contributed by atoms with Crippen LogP contribution in [0.4, 0.5) is 5.82 Å². The first-order valence-electron chi connectivity index (χ1n) is 11.2. The summed E-state index contributed by atoms with van der Waals surface area (Å²) in [4.78, 5) is 19.6. The maximum Gasteiger partial charge on any atom is 0.310 e. The number of ether oxygens (including phenoxy) is 3. The van der Waals surface area contributed by atoms with Crippen LogP contribution in [0.3, 0.4) is 0 Å². The summed E-state index contributed by atoms with van der Waals surface area (Å²) >= 11 is 0. The van der Waals surface area contributed by atoms with Crippen molar-refractivity contribution in [3.8, 4) is 11.5 Å². The van der Waals surface area contributed by atoms with Gasteiger partial charge in [0.1, 0.15) is 12.1 Å². The van der Waals surface area contributed by atoms with E-state index in [2.05, 4.69) is 21.4 Å². The number of piperidine rings is 1. The van der Waals surface area contributed by atoms with Gasteiger partial charge in [0, 0.05) is 49.3 Å². The average molecular weight is 455 g/mol. The highest BCUT2D eigenvalue weighted by Gasteiger charge is 2.29. The topological polar surface area (TPSA) is 99.0 Å². The smallest absolute Gasteiger partial charge is 0.310 e. The molecule has 0 bridgehead atoms. The highest BCUT2D eigenvalue weighted by molar-refractivity contribution is 5.85. The van der Waals surface area contributed by atoms with E-state index in [9.17, 15) is 4.79 Å². The van der Waals surface area contributed by atoms with Crippen LogP contribution in [0, 0.1) is 5.92 Å². The molecule has 0 spiro atoms. The van der Waals surface area contributed by atoms with E-state index in [0.717, 1.165) is 47.4 Å². The number of fused-ring (bicyclic) bond motifs is 1. The van der Waals surface area contributed by atoms with E-state index in [4.69, 9.17) is 23.7 Å². The SMILES string of the molecule is CCOC(=O)C1CCCN(c2nc3cc(OC)c(OC)cc3cc2CNCc2ccon2)C1. The monoisotopic (exact) mass is 454 g/mol. The number of carbonyl (C=O) groups is 1. The molecule has 4 rings (SSSR count). The van der Waals surface area contributed by atoms with E-state index >= 15 is 0 Å². The molecule has 1 atom stereocenters. The number of pyridine rings is 1. The lowest BCUT2D eigenvalue weighted by molar-refractivity contribution is -0.148. The molecule has 176 valence electrons. The van der Waals surface area contributed by atoms with Crippen molar-refractivity contribution in [2.45, 2.75) is 32.9 Å². The van der Waals surface area contributed by atoms with Crippen LogP contribution in [-0.4, -0.2) is 50.0 Å². The normalized spacial score (nSPS) is 16.1. The van der Waals surface area contributed by atoms with Gasteiger partial charge in [0.05, 0.1) is 38.0 Å². The first-order valence-corrected chi connectivity index (χ1v) is 11.2. The third kappa shape index (κ3) is 5.19. The lowest BCUT2D eigenvalue weighted by atomic mass is 9.97. The maximum absolute atomic E-state index is 12.4. The van der Waals surface area contributed by atoms with Crippen LogP contribution >= 0.6 is 0 Å². The number of esters is 1. The highest BCUT2D eigenvalue weighted by Crippen LogP contribution is 2.35. The number of methoxy groups -OCH3 is 2. The van der Waals surface area contributed by atoms with Gasteiger partial charge in [0.2, 0.25) is 0 Å². The van der Waals surface area contributed by atoms with Crippen LogP contribution in [0.15, 0.2) is 35.1 Å². The summed E-state index contributed by atoms with van der Waals surface area (Å²) in [6.07, 6.45) is 3.29. The van der Waals surface area contributed by atoms with E-state index in [1.807, 2.05) is 25.1 Å². The average Bonchev–Trinajstić information content (AvgIpc) is 3.36. The minimum atomic E-state index is -0.155. The Morgan fingerprint density at radius 1 is 1.21 bits per heavy atom. The van der Waals surface area contributed by atoms with Gasteiger partial charge in [-0.3, -0.25) is 4.79 Å². The highest BCUT2D eigenvalue weighted by atomic mass is 16.5. The summed E-state index contributed by atoms with van der Waals surface area (Å²) < 4.78 is 21.1. The van der Waals surface area contributed by atoms with Crippen LogP contribution in [0.1, 0.15) is 31.0 Å². The third-order valence-electron chi connectivity index (χ3n) is 5.83. The number of rotatable bonds is 9. The minimum Gasteiger partial charge on any atom is -0.493 e. The number of benzene rings is 1. The van der Waals surface area contributed by atoms with Crippen molar-refractivity contribution in [1.82, 2.24) is 15.5 Å². The van der Waals surface area contributed by atoms with E-state index in [-0.39, 0.29) is 11.9 Å². The van der Waals surface area contributed by atoms with Gasteiger partial charge < -0.3 is 29.0 Å². The number of carbonyl (C=O) groups excluding carboxylic acids is 1. The second kappa shape index (κ2) is 10.5. The number of nitrogens with zero attached hydrogens (tertiary/aromatic N) is 3. The molecule has 0 radical (unpaired) electrons. The van der Waals surface area contributed by atoms with Gasteiger partial charge in [0.25, 0.3) is 0 Å². The zero-order chi connectivity index (χ0) is 23.2. The Bertz CT molecular complexity index is 1090. The van der Waals surface area contributed by atoms with Crippen LogP contribution in [0.2, 0.25) is 0 Å². The molecule has 1 N–H and O–H groups in total. The summed E-state index contributed by atoms with van der Waals surface area (Å²) in [7, 11) is 3.23. The van der Waals surface area contributed by atoms with Gasteiger partial charge in [-0.25, -0.2) is 4.98 Å². The van der Waals surface area contributed by atoms with Crippen molar-refractivity contribution in [3.05, 3.63) is 41.8 Å². The Morgan fingerprint density at radius 3 is 2.76 bits per heavy atom. The molecule has 1 aliphatic heterocycles. The largest absolute Gasteiger partial charge is 0.493 e. The van der Waals surface area contributed by atoms with E-state index in [1.165, 1.54) is 0 Å². The predicted octanol–water partition coefficient (Wildman–Crippen LogP) is 3.31. The molecule has 0 aliphatic carbocycles. The lowest BCUT2D eigenvalue weighted by Gasteiger charge is -2.34.